The lowest BCUT2D eigenvalue weighted by molar-refractivity contribution is -0.136. The second-order valence-corrected chi connectivity index (χ2v) is 5.77. The van der Waals surface area contributed by atoms with Crippen LogP contribution in [0.3, 0.4) is 0 Å². The number of thiazole rings is 1. The summed E-state index contributed by atoms with van der Waals surface area (Å²) in [7, 11) is 1.92. The Labute approximate surface area is 112 Å². The fourth-order valence-electron chi connectivity index (χ4n) is 1.29. The van der Waals surface area contributed by atoms with Crippen molar-refractivity contribution in [2.75, 3.05) is 0 Å². The molecule has 0 aliphatic heterocycles. The fourth-order valence-corrected chi connectivity index (χ4v) is 3.12. The number of carbonyl (C=O) groups is 1. The molecule has 8 heteroatoms. The molecule has 0 saturated heterocycles. The molecule has 0 aliphatic rings. The van der Waals surface area contributed by atoms with Crippen LogP contribution in [0.15, 0.2) is 9.72 Å². The van der Waals surface area contributed by atoms with E-state index in [9.17, 15) is 4.79 Å². The van der Waals surface area contributed by atoms with Crippen LogP contribution in [0.5, 0.6) is 0 Å². The van der Waals surface area contributed by atoms with Gasteiger partial charge in [0.15, 0.2) is 4.34 Å². The van der Waals surface area contributed by atoms with Crippen molar-refractivity contribution in [3.63, 3.8) is 0 Å². The lowest BCUT2D eigenvalue weighted by atomic mass is 10.3. The van der Waals surface area contributed by atoms with Gasteiger partial charge in [0.1, 0.15) is 11.6 Å². The molecule has 18 heavy (non-hydrogen) atoms. The average Bonchev–Trinajstić information content (AvgIpc) is 2.86. The molecule has 2 aromatic rings. The van der Waals surface area contributed by atoms with E-state index in [0.717, 1.165) is 16.0 Å². The van der Waals surface area contributed by atoms with Crippen molar-refractivity contribution >= 4 is 29.1 Å². The summed E-state index contributed by atoms with van der Waals surface area (Å²) in [5.74, 6) is 1.57. The summed E-state index contributed by atoms with van der Waals surface area (Å²) >= 11 is 2.99. The molecular weight excluding hydrogens is 272 g/mol. The third-order valence-electron chi connectivity index (χ3n) is 2.37. The van der Waals surface area contributed by atoms with Crippen LogP contribution < -0.4 is 0 Å². The molecule has 6 nitrogen and oxygen atoms in total. The number of aryl methyl sites for hydroxylation is 1. The number of thioether (sulfide) groups is 1. The maximum atomic E-state index is 10.5. The molecule has 96 valence electrons. The topological polar surface area (TPSA) is 80.9 Å². The van der Waals surface area contributed by atoms with Gasteiger partial charge in [0.25, 0.3) is 0 Å². The lowest BCUT2D eigenvalue weighted by Gasteiger charge is -1.99. The Morgan fingerprint density at radius 1 is 1.56 bits per heavy atom. The molecule has 0 fully saturated rings. The molecule has 1 N–H and O–H groups in total. The van der Waals surface area contributed by atoms with Crippen LogP contribution in [0.1, 0.15) is 17.3 Å². The van der Waals surface area contributed by atoms with E-state index in [1.807, 2.05) is 18.5 Å². The first kappa shape index (κ1) is 13.0. The maximum Gasteiger partial charge on any atom is 0.309 e. The standard InChI is InChI=1S/C10H12N4O2S2/c1-6-12-13-8(14(6)2)5-18-10-11-7(4-17-10)3-9(15)16/h4H,3,5H2,1-2H3,(H,15,16). The van der Waals surface area contributed by atoms with E-state index in [-0.39, 0.29) is 6.42 Å². The second-order valence-electron chi connectivity index (χ2n) is 3.69. The van der Waals surface area contributed by atoms with Crippen LogP contribution >= 0.6 is 23.1 Å². The van der Waals surface area contributed by atoms with Crippen LogP contribution in [-0.2, 0) is 24.0 Å². The molecule has 0 saturated carbocycles. The van der Waals surface area contributed by atoms with Gasteiger partial charge >= 0.3 is 5.97 Å². The SMILES string of the molecule is Cc1nnc(CSc2nc(CC(=O)O)cs2)n1C. The van der Waals surface area contributed by atoms with Crippen molar-refractivity contribution in [3.05, 3.63) is 22.7 Å². The highest BCUT2D eigenvalue weighted by Crippen LogP contribution is 2.25. The summed E-state index contributed by atoms with van der Waals surface area (Å²) in [5, 5.41) is 18.5. The normalized spacial score (nSPS) is 10.8. The van der Waals surface area contributed by atoms with Crippen LogP contribution in [0, 0.1) is 6.92 Å². The maximum absolute atomic E-state index is 10.5. The number of hydrogen-bond acceptors (Lipinski definition) is 6. The van der Waals surface area contributed by atoms with Crippen LogP contribution in [-0.4, -0.2) is 30.8 Å². The highest BCUT2D eigenvalue weighted by Gasteiger charge is 2.09. The van der Waals surface area contributed by atoms with Crippen molar-refractivity contribution in [2.24, 2.45) is 7.05 Å². The summed E-state index contributed by atoms with van der Waals surface area (Å²) in [4.78, 5) is 14.8. The number of aliphatic carboxylic acids is 1. The van der Waals surface area contributed by atoms with Crippen molar-refractivity contribution < 1.29 is 9.90 Å². The van der Waals surface area contributed by atoms with Crippen LogP contribution in [0.25, 0.3) is 0 Å². The van der Waals surface area contributed by atoms with Gasteiger partial charge in [-0.1, -0.05) is 11.8 Å². The van der Waals surface area contributed by atoms with Gasteiger partial charge in [0, 0.05) is 12.4 Å². The molecule has 0 aliphatic carbocycles. The fraction of sp³-hybridized carbons (Fsp3) is 0.400. The van der Waals surface area contributed by atoms with Gasteiger partial charge < -0.3 is 9.67 Å². The minimum Gasteiger partial charge on any atom is -0.481 e. The van der Waals surface area contributed by atoms with Crippen LogP contribution in [0.2, 0.25) is 0 Å². The molecule has 2 aromatic heterocycles. The van der Waals surface area contributed by atoms with E-state index in [2.05, 4.69) is 15.2 Å². The highest BCUT2D eigenvalue weighted by molar-refractivity contribution is 8.00. The predicted molar refractivity (Wildman–Crippen MR) is 68.8 cm³/mol. The number of carboxylic acid groups (broad SMARTS) is 1. The van der Waals surface area contributed by atoms with Crippen LogP contribution in [0.4, 0.5) is 0 Å². The van der Waals surface area contributed by atoms with Crippen molar-refractivity contribution in [1.82, 2.24) is 19.7 Å². The molecule has 0 aromatic carbocycles. The summed E-state index contributed by atoms with van der Waals surface area (Å²) in [6.07, 6.45) is -0.0277. The minimum atomic E-state index is -0.860. The first-order chi connectivity index (χ1) is 8.56. The van der Waals surface area contributed by atoms with Crippen molar-refractivity contribution in [1.29, 1.82) is 0 Å². The van der Waals surface area contributed by atoms with Crippen molar-refractivity contribution in [3.8, 4) is 0 Å². The minimum absolute atomic E-state index is 0.0277. The average molecular weight is 284 g/mol. The molecule has 0 radical (unpaired) electrons. The molecule has 0 amide bonds. The lowest BCUT2D eigenvalue weighted by Crippen LogP contribution is -2.00. The van der Waals surface area contributed by atoms with Gasteiger partial charge in [-0.3, -0.25) is 4.79 Å². The Bertz CT molecular complexity index is 564. The number of nitrogens with zero attached hydrogens (tertiary/aromatic N) is 4. The summed E-state index contributed by atoms with van der Waals surface area (Å²) in [6, 6.07) is 0. The van der Waals surface area contributed by atoms with Gasteiger partial charge in [-0.25, -0.2) is 4.98 Å². The molecular formula is C10H12N4O2S2. The largest absolute Gasteiger partial charge is 0.481 e. The second kappa shape index (κ2) is 5.49. The van der Waals surface area contributed by atoms with Gasteiger partial charge in [-0.05, 0) is 6.92 Å². The Morgan fingerprint density at radius 2 is 2.33 bits per heavy atom. The Morgan fingerprint density at radius 3 is 2.94 bits per heavy atom. The smallest absolute Gasteiger partial charge is 0.309 e. The van der Waals surface area contributed by atoms with E-state index in [1.54, 1.807) is 17.1 Å². The first-order valence-electron chi connectivity index (χ1n) is 5.20. The Hall–Kier alpha value is -1.41. The van der Waals surface area contributed by atoms with E-state index in [1.165, 1.54) is 11.3 Å². The number of carboxylic acids is 1. The molecule has 0 unspecified atom stereocenters. The van der Waals surface area contributed by atoms with E-state index in [4.69, 9.17) is 5.11 Å². The monoisotopic (exact) mass is 284 g/mol. The summed E-state index contributed by atoms with van der Waals surface area (Å²) in [5.41, 5.74) is 0.601. The zero-order valence-corrected chi connectivity index (χ0v) is 11.6. The van der Waals surface area contributed by atoms with Gasteiger partial charge in [-0.15, -0.1) is 21.5 Å². The Balaban J connectivity index is 1.96. The summed E-state index contributed by atoms with van der Waals surface area (Å²) < 4.78 is 2.78. The van der Waals surface area contributed by atoms with Gasteiger partial charge in [0.05, 0.1) is 17.9 Å². The van der Waals surface area contributed by atoms with E-state index in [0.29, 0.717) is 11.4 Å². The molecule has 0 bridgehead atoms. The predicted octanol–water partition coefficient (Wildman–Crippen LogP) is 1.50. The quantitative estimate of drug-likeness (QED) is 0.838. The highest BCUT2D eigenvalue weighted by atomic mass is 32.2. The van der Waals surface area contributed by atoms with E-state index >= 15 is 0 Å². The third kappa shape index (κ3) is 3.08. The number of hydrogen-bond donors (Lipinski definition) is 1. The van der Waals surface area contributed by atoms with Crippen molar-refractivity contribution in [2.45, 2.75) is 23.4 Å². The zero-order valence-electron chi connectivity index (χ0n) is 9.95. The van der Waals surface area contributed by atoms with E-state index < -0.39 is 5.97 Å². The molecule has 2 rings (SSSR count). The Kier molecular flexibility index (Phi) is 3.97. The molecule has 2 heterocycles. The number of rotatable bonds is 5. The first-order valence-corrected chi connectivity index (χ1v) is 7.06. The van der Waals surface area contributed by atoms with Gasteiger partial charge in [0.2, 0.25) is 0 Å². The zero-order chi connectivity index (χ0) is 13.1. The summed E-state index contributed by atoms with van der Waals surface area (Å²) in [6.45, 7) is 1.90. The van der Waals surface area contributed by atoms with Gasteiger partial charge in [-0.2, -0.15) is 0 Å². The third-order valence-corrected chi connectivity index (χ3v) is 4.44. The molecule has 0 atom stereocenters. The number of aromatic nitrogens is 4. The molecule has 0 spiro atoms.